The highest BCUT2D eigenvalue weighted by Gasteiger charge is 2.21. The zero-order valence-corrected chi connectivity index (χ0v) is 9.35. The summed E-state index contributed by atoms with van der Waals surface area (Å²) < 4.78 is 2.03. The van der Waals surface area contributed by atoms with Gasteiger partial charge in [0.2, 0.25) is 0 Å². The lowest BCUT2D eigenvalue weighted by atomic mass is 10.4. The zero-order valence-electron chi connectivity index (χ0n) is 9.35. The van der Waals surface area contributed by atoms with Crippen molar-refractivity contribution in [1.82, 2.24) is 19.5 Å². The zero-order chi connectivity index (χ0) is 11.0. The molecule has 5 heteroatoms. The van der Waals surface area contributed by atoms with Crippen LogP contribution in [0.2, 0.25) is 0 Å². The van der Waals surface area contributed by atoms with Gasteiger partial charge in [0.25, 0.3) is 0 Å². The number of fused-ring (bicyclic) bond motifs is 1. The minimum atomic E-state index is 0.832. The van der Waals surface area contributed by atoms with Crippen molar-refractivity contribution in [2.45, 2.75) is 26.3 Å². The van der Waals surface area contributed by atoms with Crippen LogP contribution in [-0.4, -0.2) is 26.1 Å². The highest BCUT2D eigenvalue weighted by Crippen LogP contribution is 2.29. The first kappa shape index (κ1) is 9.57. The Morgan fingerprint density at radius 3 is 3.00 bits per heavy atom. The lowest BCUT2D eigenvalue weighted by Crippen LogP contribution is -2.06. The van der Waals surface area contributed by atoms with Gasteiger partial charge in [-0.25, -0.2) is 15.0 Å². The second kappa shape index (κ2) is 3.73. The largest absolute Gasteiger partial charge is 0.368 e. The van der Waals surface area contributed by atoms with Crippen LogP contribution in [0.3, 0.4) is 0 Å². The smallest absolute Gasteiger partial charge is 0.165 e. The van der Waals surface area contributed by atoms with E-state index < -0.39 is 0 Å². The van der Waals surface area contributed by atoms with Crippen LogP contribution >= 0.6 is 0 Å². The topological polar surface area (TPSA) is 55.6 Å². The second-order valence-corrected chi connectivity index (χ2v) is 4.25. The number of aromatic nitrogens is 4. The molecule has 0 aromatic carbocycles. The fourth-order valence-corrected chi connectivity index (χ4v) is 1.80. The molecule has 1 saturated carbocycles. The third-order valence-electron chi connectivity index (χ3n) is 3.00. The van der Waals surface area contributed by atoms with Crippen molar-refractivity contribution >= 4 is 17.0 Å². The van der Waals surface area contributed by atoms with E-state index in [1.54, 1.807) is 6.33 Å². The summed E-state index contributed by atoms with van der Waals surface area (Å²) in [5, 5.41) is 3.36. The molecule has 2 heterocycles. The van der Waals surface area contributed by atoms with E-state index in [9.17, 15) is 0 Å². The standard InChI is InChI=1S/C11H15N5/c1-2-16-7-15-9-10(12-5-8-3-4-8)13-6-14-11(9)16/h6-8H,2-5H2,1H3,(H,12,13,14). The summed E-state index contributed by atoms with van der Waals surface area (Å²) >= 11 is 0. The van der Waals surface area contributed by atoms with Gasteiger partial charge in [-0.15, -0.1) is 0 Å². The second-order valence-electron chi connectivity index (χ2n) is 4.25. The van der Waals surface area contributed by atoms with Gasteiger partial charge < -0.3 is 9.88 Å². The third-order valence-corrected chi connectivity index (χ3v) is 3.00. The Morgan fingerprint density at radius 2 is 2.25 bits per heavy atom. The van der Waals surface area contributed by atoms with Crippen LogP contribution in [0.15, 0.2) is 12.7 Å². The molecule has 0 bridgehead atoms. The van der Waals surface area contributed by atoms with Crippen LogP contribution in [-0.2, 0) is 6.54 Å². The van der Waals surface area contributed by atoms with E-state index in [0.717, 1.165) is 36.0 Å². The number of aryl methyl sites for hydroxylation is 1. The summed E-state index contributed by atoms with van der Waals surface area (Å²) in [6.07, 6.45) is 6.10. The number of rotatable bonds is 4. The maximum atomic E-state index is 4.36. The highest BCUT2D eigenvalue weighted by atomic mass is 15.1. The number of hydrogen-bond acceptors (Lipinski definition) is 4. The maximum absolute atomic E-state index is 4.36. The summed E-state index contributed by atoms with van der Waals surface area (Å²) in [6.45, 7) is 3.97. The number of nitrogens with zero attached hydrogens (tertiary/aromatic N) is 4. The van der Waals surface area contributed by atoms with Gasteiger partial charge in [0.05, 0.1) is 6.33 Å². The Morgan fingerprint density at radius 1 is 1.38 bits per heavy atom. The Hall–Kier alpha value is -1.65. The number of nitrogens with one attached hydrogen (secondary N) is 1. The molecular formula is C11H15N5. The van der Waals surface area contributed by atoms with Gasteiger partial charge in [-0.2, -0.15) is 0 Å². The van der Waals surface area contributed by atoms with E-state index in [2.05, 4.69) is 27.2 Å². The van der Waals surface area contributed by atoms with Gasteiger partial charge in [0.15, 0.2) is 11.5 Å². The van der Waals surface area contributed by atoms with Crippen LogP contribution in [0, 0.1) is 5.92 Å². The van der Waals surface area contributed by atoms with Crippen molar-refractivity contribution in [3.8, 4) is 0 Å². The van der Waals surface area contributed by atoms with Crippen LogP contribution in [0.25, 0.3) is 11.2 Å². The molecule has 3 rings (SSSR count). The van der Waals surface area contributed by atoms with E-state index in [1.165, 1.54) is 12.8 Å². The third kappa shape index (κ3) is 1.62. The van der Waals surface area contributed by atoms with Gasteiger partial charge in [-0.1, -0.05) is 0 Å². The molecule has 1 aliphatic rings. The molecule has 5 nitrogen and oxygen atoms in total. The van der Waals surface area contributed by atoms with E-state index in [-0.39, 0.29) is 0 Å². The molecule has 0 amide bonds. The van der Waals surface area contributed by atoms with E-state index >= 15 is 0 Å². The van der Waals surface area contributed by atoms with Crippen molar-refractivity contribution in [2.75, 3.05) is 11.9 Å². The highest BCUT2D eigenvalue weighted by molar-refractivity contribution is 5.82. The molecule has 0 saturated heterocycles. The maximum Gasteiger partial charge on any atom is 0.165 e. The van der Waals surface area contributed by atoms with Gasteiger partial charge in [0, 0.05) is 13.1 Å². The van der Waals surface area contributed by atoms with E-state index in [0.29, 0.717) is 0 Å². The molecule has 1 aliphatic carbocycles. The molecule has 0 radical (unpaired) electrons. The summed E-state index contributed by atoms with van der Waals surface area (Å²) in [4.78, 5) is 12.9. The van der Waals surface area contributed by atoms with Gasteiger partial charge in [0.1, 0.15) is 11.8 Å². The van der Waals surface area contributed by atoms with Crippen LogP contribution in [0.4, 0.5) is 5.82 Å². The van der Waals surface area contributed by atoms with Gasteiger partial charge in [-0.05, 0) is 25.7 Å². The fourth-order valence-electron chi connectivity index (χ4n) is 1.80. The minimum Gasteiger partial charge on any atom is -0.368 e. The molecule has 2 aromatic rings. The molecule has 16 heavy (non-hydrogen) atoms. The lowest BCUT2D eigenvalue weighted by molar-refractivity contribution is 0.777. The molecule has 0 spiro atoms. The molecule has 0 atom stereocenters. The Balaban J connectivity index is 1.93. The van der Waals surface area contributed by atoms with Crippen molar-refractivity contribution in [2.24, 2.45) is 5.92 Å². The summed E-state index contributed by atoms with van der Waals surface area (Å²) in [6, 6.07) is 0. The summed E-state index contributed by atoms with van der Waals surface area (Å²) in [7, 11) is 0. The first-order chi connectivity index (χ1) is 7.88. The Labute approximate surface area is 93.9 Å². The Bertz CT molecular complexity index is 500. The normalized spacial score (nSPS) is 15.6. The molecule has 1 fully saturated rings. The monoisotopic (exact) mass is 217 g/mol. The Kier molecular flexibility index (Phi) is 2.23. The summed E-state index contributed by atoms with van der Waals surface area (Å²) in [5.41, 5.74) is 1.79. The predicted molar refractivity (Wildman–Crippen MR) is 62.2 cm³/mol. The van der Waals surface area contributed by atoms with Crippen molar-refractivity contribution in [3.63, 3.8) is 0 Å². The van der Waals surface area contributed by atoms with Crippen molar-refractivity contribution in [1.29, 1.82) is 0 Å². The van der Waals surface area contributed by atoms with E-state index in [1.807, 2.05) is 10.9 Å². The molecule has 0 unspecified atom stereocenters. The van der Waals surface area contributed by atoms with Gasteiger partial charge in [-0.3, -0.25) is 0 Å². The van der Waals surface area contributed by atoms with Crippen LogP contribution in [0.1, 0.15) is 19.8 Å². The minimum absolute atomic E-state index is 0.832. The van der Waals surface area contributed by atoms with Crippen LogP contribution < -0.4 is 5.32 Å². The number of imidazole rings is 1. The van der Waals surface area contributed by atoms with Crippen molar-refractivity contribution in [3.05, 3.63) is 12.7 Å². The molecular weight excluding hydrogens is 202 g/mol. The first-order valence-corrected chi connectivity index (χ1v) is 5.78. The number of hydrogen-bond donors (Lipinski definition) is 1. The number of anilines is 1. The van der Waals surface area contributed by atoms with E-state index in [4.69, 9.17) is 0 Å². The molecule has 0 aliphatic heterocycles. The summed E-state index contributed by atoms with van der Waals surface area (Å²) in [5.74, 6) is 1.70. The molecule has 2 aromatic heterocycles. The van der Waals surface area contributed by atoms with Crippen LogP contribution in [0.5, 0.6) is 0 Å². The fraction of sp³-hybridized carbons (Fsp3) is 0.545. The van der Waals surface area contributed by atoms with Crippen molar-refractivity contribution < 1.29 is 0 Å². The first-order valence-electron chi connectivity index (χ1n) is 5.78. The SMILES string of the molecule is CCn1cnc2c(NCC3CC3)ncnc21. The average Bonchev–Trinajstić information content (AvgIpc) is 3.04. The quantitative estimate of drug-likeness (QED) is 0.846. The van der Waals surface area contributed by atoms with Gasteiger partial charge >= 0.3 is 0 Å². The molecule has 1 N–H and O–H groups in total. The average molecular weight is 217 g/mol. The lowest BCUT2D eigenvalue weighted by Gasteiger charge is -2.04. The molecule has 84 valence electrons. The predicted octanol–water partition coefficient (Wildman–Crippen LogP) is 1.67.